The van der Waals surface area contributed by atoms with Crippen molar-refractivity contribution in [1.29, 1.82) is 0 Å². The van der Waals surface area contributed by atoms with Crippen LogP contribution in [-0.4, -0.2) is 58.2 Å². The van der Waals surface area contributed by atoms with Gasteiger partial charge in [-0.25, -0.2) is 0 Å². The van der Waals surface area contributed by atoms with Crippen LogP contribution in [-0.2, 0) is 16.1 Å². The van der Waals surface area contributed by atoms with Gasteiger partial charge in [-0.3, -0.25) is 9.79 Å². The molecule has 1 heterocycles. The van der Waals surface area contributed by atoms with Crippen molar-refractivity contribution in [2.75, 3.05) is 46.2 Å². The number of nitrogens with zero attached hydrogens (tertiary/aromatic N) is 3. The molecule has 6 nitrogen and oxygen atoms in total. The maximum atomic E-state index is 11.6. The van der Waals surface area contributed by atoms with Crippen molar-refractivity contribution in [2.24, 2.45) is 10.9 Å². The maximum absolute atomic E-state index is 11.6. The van der Waals surface area contributed by atoms with Gasteiger partial charge < -0.3 is 19.9 Å². The molecule has 0 aromatic heterocycles. The predicted octanol–water partition coefficient (Wildman–Crippen LogP) is 2.02. The third kappa shape index (κ3) is 4.87. The number of hydrogen-bond donors (Lipinski definition) is 1. The molecule has 1 aliphatic heterocycles. The lowest BCUT2D eigenvalue weighted by molar-refractivity contribution is -0.146. The summed E-state index contributed by atoms with van der Waals surface area (Å²) in [5.41, 5.74) is 3.73. The average molecular weight is 346 g/mol. The Labute approximate surface area is 150 Å². The number of likely N-dealkylation sites (tertiary alicyclic amines) is 1. The van der Waals surface area contributed by atoms with E-state index in [4.69, 9.17) is 4.74 Å². The van der Waals surface area contributed by atoms with E-state index in [1.165, 1.54) is 23.9 Å². The van der Waals surface area contributed by atoms with Crippen LogP contribution in [0.3, 0.4) is 0 Å². The second-order valence-electron chi connectivity index (χ2n) is 6.69. The number of aryl methyl sites for hydroxylation is 1. The summed E-state index contributed by atoms with van der Waals surface area (Å²) in [4.78, 5) is 20.4. The third-order valence-corrected chi connectivity index (χ3v) is 4.82. The molecule has 1 N–H and O–H groups in total. The number of methoxy groups -OCH3 is 1. The summed E-state index contributed by atoms with van der Waals surface area (Å²) in [5.74, 6) is 0.804. The number of benzene rings is 1. The standard InChI is InChI=1S/C19H30N4O2/c1-14-12-17(22(3)4)7-6-16(14)13-21-19(20-2)23-10-8-15(9-11-23)18(24)25-5/h6-7,12,15H,8-11,13H2,1-5H3,(H,20,21). The van der Waals surface area contributed by atoms with Crippen molar-refractivity contribution >= 4 is 17.6 Å². The van der Waals surface area contributed by atoms with Crippen molar-refractivity contribution in [3.63, 3.8) is 0 Å². The van der Waals surface area contributed by atoms with Crippen LogP contribution in [0.15, 0.2) is 23.2 Å². The zero-order valence-corrected chi connectivity index (χ0v) is 16.0. The van der Waals surface area contributed by atoms with E-state index in [2.05, 4.69) is 45.2 Å². The number of carbonyl (C=O) groups excluding carboxylic acids is 1. The Kier molecular flexibility index (Phi) is 6.67. The number of piperidine rings is 1. The first kappa shape index (κ1) is 19.1. The number of nitrogens with one attached hydrogen (secondary N) is 1. The van der Waals surface area contributed by atoms with Gasteiger partial charge in [0, 0.05) is 46.5 Å². The number of rotatable bonds is 4. The minimum absolute atomic E-state index is 0.0141. The van der Waals surface area contributed by atoms with E-state index in [1.807, 2.05) is 14.1 Å². The highest BCUT2D eigenvalue weighted by molar-refractivity contribution is 5.80. The van der Waals surface area contributed by atoms with Gasteiger partial charge in [-0.2, -0.15) is 0 Å². The Hall–Kier alpha value is -2.24. The van der Waals surface area contributed by atoms with Gasteiger partial charge in [0.05, 0.1) is 13.0 Å². The molecule has 1 aromatic rings. The van der Waals surface area contributed by atoms with Gasteiger partial charge in [0.1, 0.15) is 0 Å². The van der Waals surface area contributed by atoms with Gasteiger partial charge in [-0.05, 0) is 43.0 Å². The second-order valence-corrected chi connectivity index (χ2v) is 6.69. The highest BCUT2D eigenvalue weighted by Gasteiger charge is 2.26. The summed E-state index contributed by atoms with van der Waals surface area (Å²) >= 11 is 0. The Balaban J connectivity index is 1.92. The Morgan fingerprint density at radius 2 is 2.04 bits per heavy atom. The molecule has 1 fully saturated rings. The van der Waals surface area contributed by atoms with E-state index in [0.29, 0.717) is 0 Å². The summed E-state index contributed by atoms with van der Waals surface area (Å²) in [6.07, 6.45) is 1.62. The van der Waals surface area contributed by atoms with E-state index >= 15 is 0 Å². The zero-order chi connectivity index (χ0) is 18.4. The van der Waals surface area contributed by atoms with Crippen LogP contribution in [0.5, 0.6) is 0 Å². The molecule has 0 aliphatic carbocycles. The fourth-order valence-electron chi connectivity index (χ4n) is 3.16. The molecule has 138 valence electrons. The number of guanidine groups is 1. The third-order valence-electron chi connectivity index (χ3n) is 4.82. The number of ether oxygens (including phenoxy) is 1. The van der Waals surface area contributed by atoms with E-state index < -0.39 is 0 Å². The molecule has 0 spiro atoms. The minimum atomic E-state index is -0.0980. The largest absolute Gasteiger partial charge is 0.469 e. The van der Waals surface area contributed by atoms with Crippen LogP contribution < -0.4 is 10.2 Å². The molecule has 0 radical (unpaired) electrons. The quantitative estimate of drug-likeness (QED) is 0.513. The van der Waals surface area contributed by atoms with Crippen molar-refractivity contribution in [1.82, 2.24) is 10.2 Å². The van der Waals surface area contributed by atoms with Gasteiger partial charge in [0.15, 0.2) is 5.96 Å². The van der Waals surface area contributed by atoms with Crippen molar-refractivity contribution in [3.05, 3.63) is 29.3 Å². The topological polar surface area (TPSA) is 57.2 Å². The second kappa shape index (κ2) is 8.74. The number of hydrogen-bond acceptors (Lipinski definition) is 4. The normalized spacial score (nSPS) is 15.9. The number of aliphatic imine (C=N–C) groups is 1. The summed E-state index contributed by atoms with van der Waals surface area (Å²) in [7, 11) is 7.36. The van der Waals surface area contributed by atoms with Gasteiger partial charge >= 0.3 is 5.97 Å². The molecule has 0 saturated carbocycles. The first-order valence-corrected chi connectivity index (χ1v) is 8.76. The number of carbonyl (C=O) groups is 1. The van der Waals surface area contributed by atoms with Gasteiger partial charge in [-0.1, -0.05) is 6.07 Å². The van der Waals surface area contributed by atoms with Crippen LogP contribution in [0.25, 0.3) is 0 Å². The monoisotopic (exact) mass is 346 g/mol. The first-order valence-electron chi connectivity index (χ1n) is 8.76. The van der Waals surface area contributed by atoms with Crippen LogP contribution >= 0.6 is 0 Å². The molecule has 25 heavy (non-hydrogen) atoms. The smallest absolute Gasteiger partial charge is 0.308 e. The molecule has 1 aromatic carbocycles. The van der Waals surface area contributed by atoms with Gasteiger partial charge in [0.2, 0.25) is 0 Å². The minimum Gasteiger partial charge on any atom is -0.469 e. The first-order chi connectivity index (χ1) is 12.0. The molecular weight excluding hydrogens is 316 g/mol. The fraction of sp³-hybridized carbons (Fsp3) is 0.579. The summed E-state index contributed by atoms with van der Waals surface area (Å²) in [6.45, 7) is 4.51. The average Bonchev–Trinajstić information content (AvgIpc) is 2.63. The zero-order valence-electron chi connectivity index (χ0n) is 16.0. The molecular formula is C19H30N4O2. The number of esters is 1. The molecule has 6 heteroatoms. The molecule has 0 unspecified atom stereocenters. The lowest BCUT2D eigenvalue weighted by atomic mass is 9.97. The Morgan fingerprint density at radius 3 is 2.56 bits per heavy atom. The van der Waals surface area contributed by atoms with Crippen LogP contribution in [0.2, 0.25) is 0 Å². The van der Waals surface area contributed by atoms with E-state index in [-0.39, 0.29) is 11.9 Å². The van der Waals surface area contributed by atoms with Gasteiger partial charge in [-0.15, -0.1) is 0 Å². The van der Waals surface area contributed by atoms with Crippen LogP contribution in [0, 0.1) is 12.8 Å². The van der Waals surface area contributed by atoms with E-state index in [0.717, 1.165) is 38.4 Å². The van der Waals surface area contributed by atoms with E-state index in [9.17, 15) is 4.79 Å². The van der Waals surface area contributed by atoms with Crippen molar-refractivity contribution < 1.29 is 9.53 Å². The lowest BCUT2D eigenvalue weighted by Crippen LogP contribution is -2.46. The highest BCUT2D eigenvalue weighted by atomic mass is 16.5. The van der Waals surface area contributed by atoms with E-state index in [1.54, 1.807) is 7.05 Å². The molecule has 0 atom stereocenters. The molecule has 1 aliphatic rings. The van der Waals surface area contributed by atoms with Crippen molar-refractivity contribution in [3.8, 4) is 0 Å². The summed E-state index contributed by atoms with van der Waals surface area (Å²) in [6, 6.07) is 6.49. The molecule has 0 bridgehead atoms. The van der Waals surface area contributed by atoms with Crippen LogP contribution in [0.1, 0.15) is 24.0 Å². The lowest BCUT2D eigenvalue weighted by Gasteiger charge is -2.33. The Morgan fingerprint density at radius 1 is 1.36 bits per heavy atom. The summed E-state index contributed by atoms with van der Waals surface area (Å²) < 4.78 is 4.85. The highest BCUT2D eigenvalue weighted by Crippen LogP contribution is 2.19. The fourth-order valence-corrected chi connectivity index (χ4v) is 3.16. The Bertz CT molecular complexity index is 620. The maximum Gasteiger partial charge on any atom is 0.308 e. The molecule has 2 rings (SSSR count). The summed E-state index contributed by atoms with van der Waals surface area (Å²) in [5, 5.41) is 3.45. The van der Waals surface area contributed by atoms with Crippen molar-refractivity contribution in [2.45, 2.75) is 26.3 Å². The molecule has 0 amide bonds. The SMILES string of the molecule is CN=C(NCc1ccc(N(C)C)cc1C)N1CCC(C(=O)OC)CC1. The van der Waals surface area contributed by atoms with Crippen LogP contribution in [0.4, 0.5) is 5.69 Å². The van der Waals surface area contributed by atoms with Gasteiger partial charge in [0.25, 0.3) is 0 Å². The number of anilines is 1. The predicted molar refractivity (Wildman–Crippen MR) is 102 cm³/mol. The molecule has 1 saturated heterocycles.